The van der Waals surface area contributed by atoms with Crippen LogP contribution in [0.25, 0.3) is 11.2 Å². The molecule has 11 N–H and O–H groups in total. The summed E-state index contributed by atoms with van der Waals surface area (Å²) in [7, 11) is -21.4. The molecule has 0 saturated carbocycles. The van der Waals surface area contributed by atoms with Crippen LogP contribution in [0.2, 0.25) is 0 Å². The van der Waals surface area contributed by atoms with Gasteiger partial charge in [-0.2, -0.15) is 30.9 Å². The number of aromatic amines is 1. The molecule has 76 heavy (non-hydrogen) atoms. The van der Waals surface area contributed by atoms with Crippen LogP contribution in [0.4, 0.5) is 17.3 Å². The van der Waals surface area contributed by atoms with Crippen LogP contribution in [0.3, 0.4) is 0 Å². The van der Waals surface area contributed by atoms with Gasteiger partial charge < -0.3 is 50.8 Å². The van der Waals surface area contributed by atoms with Gasteiger partial charge in [-0.15, -0.1) is 0 Å². The zero-order valence-electron chi connectivity index (χ0n) is 41.1. The first-order valence-electron chi connectivity index (χ1n) is 23.0. The van der Waals surface area contributed by atoms with E-state index in [-0.39, 0.29) is 28.4 Å². The number of anilines is 2. The Kier molecular flexibility index (Phi) is 17.9. The number of H-pyrrole nitrogens is 1. The maximum atomic E-state index is 12.7. The molecule has 1 amide bonds. The Bertz CT molecular complexity index is 3300. The lowest BCUT2D eigenvalue weighted by molar-refractivity contribution is -0.777. The number of nitrogens with one attached hydrogen (secondary N) is 3. The molecule has 7 rings (SSSR count). The van der Waals surface area contributed by atoms with Crippen LogP contribution in [-0.4, -0.2) is 118 Å². The largest absolute Gasteiger partial charge is 0.691 e. The Balaban J connectivity index is 0.907. The van der Waals surface area contributed by atoms with E-state index in [9.17, 15) is 66.4 Å². The third-order valence-corrected chi connectivity index (χ3v) is 18.6. The highest BCUT2D eigenvalue weighted by Crippen LogP contribution is 2.66. The average Bonchev–Trinajstić information content (AvgIpc) is 3.99. The van der Waals surface area contributed by atoms with Crippen LogP contribution in [-0.2, 0) is 66.7 Å². The molecule has 0 spiro atoms. The molecule has 5 heterocycles. The number of carbonyl (C=O) groups is 1. The standard InChI is InChI=1S/C42H56N9O20P3S2/c1-6-49-28-16-14-24(75-69-68-56)19-26(28)41(2,3)31(49)11-10-12-32-42(4,5)27-20-25(76(63,64)65)15-17-29(27)50(32)18-9-7-8-13-33(52)44-22-46-72(57,58)70-74(61,62)71-73(59,60)66-21-30-35(53)36(54)39(67-30)51-23-45-34-37(51)47-40(43)48-38(34)55/h10-12,14-17,19-20,23,30,35-36,39,53-54H,6-9,13,18,21-22H2,1-5H3,(H9-,43,44,46,47,48,52,55,56,57,58,59,60,61,62,63,64,65). The van der Waals surface area contributed by atoms with E-state index < -0.39 is 93.6 Å². The highest BCUT2D eigenvalue weighted by molar-refractivity contribution is 7.94. The second-order valence-corrected chi connectivity index (χ2v) is 25.5. The zero-order valence-corrected chi connectivity index (χ0v) is 45.4. The fourth-order valence-electron chi connectivity index (χ4n) is 9.18. The summed E-state index contributed by atoms with van der Waals surface area (Å²) < 4.78 is 98.2. The molecule has 29 nitrogen and oxygen atoms in total. The van der Waals surface area contributed by atoms with Gasteiger partial charge in [-0.1, -0.05) is 19.9 Å². The van der Waals surface area contributed by atoms with Crippen LogP contribution in [0.1, 0.15) is 77.7 Å². The normalized spacial score (nSPS) is 23.0. The number of carbonyl (C=O) groups excluding carboxylic acids is 1. The average molecular weight is 1160 g/mol. The number of fused-ring (bicyclic) bond motifs is 3. The molecular weight excluding hydrogens is 1110 g/mol. The third-order valence-electron chi connectivity index (χ3n) is 12.7. The Hall–Kier alpha value is -4.56. The van der Waals surface area contributed by atoms with Crippen molar-refractivity contribution in [2.45, 2.75) is 105 Å². The van der Waals surface area contributed by atoms with Crippen LogP contribution in [0.15, 0.2) is 81.2 Å². The number of hydrogen-bond acceptors (Lipinski definition) is 21. The molecule has 2 aromatic heterocycles. The first kappa shape index (κ1) is 59.1. The van der Waals surface area contributed by atoms with E-state index in [1.807, 2.05) is 61.8 Å². The highest BCUT2D eigenvalue weighted by Gasteiger charge is 2.48. The molecule has 34 heteroatoms. The lowest BCUT2D eigenvalue weighted by Gasteiger charge is -2.25. The molecule has 3 aliphatic rings. The molecule has 4 aromatic rings. The summed E-state index contributed by atoms with van der Waals surface area (Å²) >= 11 is 0.803. The van der Waals surface area contributed by atoms with Crippen LogP contribution >= 0.6 is 35.4 Å². The van der Waals surface area contributed by atoms with Gasteiger partial charge in [0, 0.05) is 58.8 Å². The molecule has 0 radical (unpaired) electrons. The molecule has 0 aliphatic carbocycles. The van der Waals surface area contributed by atoms with Crippen molar-refractivity contribution in [3.05, 3.63) is 88.1 Å². The maximum absolute atomic E-state index is 12.7. The Morgan fingerprint density at radius 3 is 2.46 bits per heavy atom. The maximum Gasteiger partial charge on any atom is 0.489 e. The predicted molar refractivity (Wildman–Crippen MR) is 268 cm³/mol. The van der Waals surface area contributed by atoms with E-state index in [4.69, 9.17) is 10.5 Å². The molecule has 1 fully saturated rings. The zero-order chi connectivity index (χ0) is 55.8. The van der Waals surface area contributed by atoms with E-state index in [1.54, 1.807) is 11.2 Å². The summed E-state index contributed by atoms with van der Waals surface area (Å²) in [6.07, 6.45) is 1.58. The number of amides is 1. The van der Waals surface area contributed by atoms with Gasteiger partial charge in [-0.25, -0.2) is 23.8 Å². The van der Waals surface area contributed by atoms with E-state index in [2.05, 4.69) is 61.5 Å². The van der Waals surface area contributed by atoms with Crippen molar-refractivity contribution in [3.63, 3.8) is 0 Å². The summed E-state index contributed by atoms with van der Waals surface area (Å²) in [6.45, 7) is 9.29. The molecule has 3 aliphatic heterocycles. The van der Waals surface area contributed by atoms with E-state index in [1.165, 1.54) is 12.1 Å². The smallest absolute Gasteiger partial charge is 0.489 e. The van der Waals surface area contributed by atoms with Gasteiger partial charge in [0.25, 0.3) is 15.7 Å². The minimum Gasteiger partial charge on any atom is -0.691 e. The Morgan fingerprint density at radius 2 is 1.76 bits per heavy atom. The molecule has 2 aromatic carbocycles. The van der Waals surface area contributed by atoms with Crippen molar-refractivity contribution in [1.82, 2.24) is 29.9 Å². The predicted octanol–water partition coefficient (Wildman–Crippen LogP) is 2.71. The SMILES string of the molecule is CCN1C(=CC=CC2=[N+](CCCCCC(=O)NCNP(=O)(O)OP(=O)(O)OP(=O)(O)OCC3OC(n4cnc5c(=O)[nH]c(N)nc54)C(O)C3O)c3ccc(S(=O)(=O)O)cc3C2(C)C)C(C)(C)c2cc(SOO[O-])ccc21. The highest BCUT2D eigenvalue weighted by atomic mass is 32.2. The van der Waals surface area contributed by atoms with Crippen LogP contribution in [0, 0.1) is 0 Å². The number of phosphoric ester groups is 1. The minimum absolute atomic E-state index is 0.0676. The van der Waals surface area contributed by atoms with Crippen molar-refractivity contribution >= 4 is 85.7 Å². The monoisotopic (exact) mass is 1160 g/mol. The lowest BCUT2D eigenvalue weighted by atomic mass is 9.81. The van der Waals surface area contributed by atoms with Crippen molar-refractivity contribution in [1.29, 1.82) is 0 Å². The molecule has 416 valence electrons. The van der Waals surface area contributed by atoms with Gasteiger partial charge in [0.2, 0.25) is 17.5 Å². The number of nitrogens with zero attached hydrogens (tertiary/aromatic N) is 5. The van der Waals surface area contributed by atoms with E-state index >= 15 is 0 Å². The van der Waals surface area contributed by atoms with Crippen molar-refractivity contribution in [3.8, 4) is 0 Å². The summed E-state index contributed by atoms with van der Waals surface area (Å²) in [6, 6.07) is 10.1. The number of rotatable bonds is 24. The quantitative estimate of drug-likeness (QED) is 0.00704. The number of aliphatic hydroxyl groups excluding tert-OH is 2. The second-order valence-electron chi connectivity index (χ2n) is 18.5. The first-order chi connectivity index (χ1) is 35.5. The van der Waals surface area contributed by atoms with Crippen LogP contribution < -0.4 is 31.9 Å². The van der Waals surface area contributed by atoms with Gasteiger partial charge in [-0.3, -0.25) is 33.3 Å². The molecular formula is C42H56N9O20P3S2. The van der Waals surface area contributed by atoms with Crippen LogP contribution in [0.5, 0.6) is 0 Å². The number of allylic oxidation sites excluding steroid dienone is 4. The van der Waals surface area contributed by atoms with Gasteiger partial charge >= 0.3 is 23.4 Å². The fourth-order valence-corrected chi connectivity index (χ4v) is 13.7. The van der Waals surface area contributed by atoms with Gasteiger partial charge in [0.15, 0.2) is 23.1 Å². The number of benzene rings is 2. The van der Waals surface area contributed by atoms with Gasteiger partial charge in [0.05, 0.1) is 42.0 Å². The minimum atomic E-state index is -5.90. The number of unbranched alkanes of at least 4 members (excludes halogenated alkanes) is 2. The Morgan fingerprint density at radius 1 is 1.03 bits per heavy atom. The second kappa shape index (κ2) is 23.0. The number of ether oxygens (including phenoxy) is 1. The van der Waals surface area contributed by atoms with Crippen molar-refractivity contribution < 1.29 is 93.4 Å². The first-order valence-corrected chi connectivity index (χ1v) is 29.8. The number of likely N-dealkylation sites (N-methyl/N-ethyl adjacent to an activating group) is 1. The number of imidazole rings is 1. The van der Waals surface area contributed by atoms with Crippen molar-refractivity contribution in [2.75, 3.05) is 37.0 Å². The fraction of sp³-hybridized carbons (Fsp3) is 0.452. The number of nitrogens with two attached hydrogens (primary N) is 1. The number of aromatic nitrogens is 4. The summed E-state index contributed by atoms with van der Waals surface area (Å²) in [5.41, 5.74) is 8.50. The lowest BCUT2D eigenvalue weighted by Crippen LogP contribution is -2.33. The summed E-state index contributed by atoms with van der Waals surface area (Å²) in [5.74, 6) is -0.906. The summed E-state index contributed by atoms with van der Waals surface area (Å²) in [4.78, 5) is 67.8. The number of hydrogen-bond donors (Lipinski definition) is 10. The number of phosphoric acid groups is 2. The van der Waals surface area contributed by atoms with E-state index in [0.717, 1.165) is 45.6 Å². The van der Waals surface area contributed by atoms with Gasteiger partial charge in [-0.05, 0) is 75.6 Å². The summed E-state index contributed by atoms with van der Waals surface area (Å²) in [5, 5.41) is 39.2. The number of aliphatic hydroxyl groups is 2. The third kappa shape index (κ3) is 13.1. The van der Waals surface area contributed by atoms with E-state index in [0.29, 0.717) is 48.5 Å². The molecule has 7 unspecified atom stereocenters. The molecule has 7 atom stereocenters. The number of nitrogen functional groups attached to an aromatic ring is 1. The molecule has 0 bridgehead atoms. The van der Waals surface area contributed by atoms with Crippen molar-refractivity contribution in [2.24, 2.45) is 0 Å². The topological polar surface area (TPSA) is 422 Å². The van der Waals surface area contributed by atoms with Gasteiger partial charge in [0.1, 0.15) is 24.9 Å². The Labute approximate surface area is 438 Å². The molecule has 1 saturated heterocycles.